The third-order valence-corrected chi connectivity index (χ3v) is 7.15. The molecule has 3 aromatic rings. The minimum absolute atomic E-state index is 0.100. The van der Waals surface area contributed by atoms with Gasteiger partial charge in [-0.1, -0.05) is 18.2 Å². The van der Waals surface area contributed by atoms with Gasteiger partial charge >= 0.3 is 0 Å². The Morgan fingerprint density at radius 1 is 1.00 bits per heavy atom. The Balaban J connectivity index is 1.17. The van der Waals surface area contributed by atoms with E-state index >= 15 is 0 Å². The number of rotatable bonds is 5. The van der Waals surface area contributed by atoms with Crippen LogP contribution in [0.5, 0.6) is 0 Å². The molecule has 0 radical (unpaired) electrons. The number of hydrogen-bond acceptors (Lipinski definition) is 6. The average Bonchev–Trinajstić information content (AvgIpc) is 3.40. The highest BCUT2D eigenvalue weighted by Gasteiger charge is 2.31. The van der Waals surface area contributed by atoms with Gasteiger partial charge in [-0.2, -0.15) is 11.3 Å². The number of anilines is 1. The van der Waals surface area contributed by atoms with Gasteiger partial charge in [0.15, 0.2) is 0 Å². The maximum Gasteiger partial charge on any atom is 0.227 e. The molecule has 166 valence electrons. The van der Waals surface area contributed by atoms with Gasteiger partial charge in [-0.3, -0.25) is 9.69 Å². The summed E-state index contributed by atoms with van der Waals surface area (Å²) in [5.41, 5.74) is 3.87. The lowest BCUT2D eigenvalue weighted by Crippen LogP contribution is -2.52. The van der Waals surface area contributed by atoms with Crippen LogP contribution in [-0.2, 0) is 11.3 Å². The smallest absolute Gasteiger partial charge is 0.227 e. The quantitative estimate of drug-likeness (QED) is 0.596. The fourth-order valence-electron chi connectivity index (χ4n) is 4.78. The number of amides is 1. The average molecular weight is 448 g/mol. The summed E-state index contributed by atoms with van der Waals surface area (Å²) >= 11 is 1.73. The van der Waals surface area contributed by atoms with Crippen LogP contribution < -0.4 is 4.90 Å². The van der Waals surface area contributed by atoms with E-state index in [1.165, 1.54) is 16.7 Å². The van der Waals surface area contributed by atoms with Crippen molar-refractivity contribution in [2.45, 2.75) is 19.4 Å². The minimum atomic E-state index is 0.100. The Bertz CT molecular complexity index is 1020. The van der Waals surface area contributed by atoms with E-state index in [2.05, 4.69) is 60.9 Å². The standard InChI is InChI=1S/C25H29N5OS/c31-24(29-11-13-30(14-12-29)25-26-8-3-9-27-25)22-6-2-10-28(18-22)17-20-4-1-5-21(16-20)23-7-15-32-19-23/h1,3-5,7-9,15-16,19,22H,2,6,10-14,17-18H2. The monoisotopic (exact) mass is 447 g/mol. The molecule has 6 nitrogen and oxygen atoms in total. The molecule has 32 heavy (non-hydrogen) atoms. The van der Waals surface area contributed by atoms with Crippen LogP contribution in [0.3, 0.4) is 0 Å². The summed E-state index contributed by atoms with van der Waals surface area (Å²) in [4.78, 5) is 28.6. The second-order valence-electron chi connectivity index (χ2n) is 8.65. The Hall–Kier alpha value is -2.77. The van der Waals surface area contributed by atoms with Gasteiger partial charge in [0.1, 0.15) is 0 Å². The zero-order valence-corrected chi connectivity index (χ0v) is 19.1. The molecule has 2 saturated heterocycles. The Kier molecular flexibility index (Phi) is 6.46. The molecule has 0 N–H and O–H groups in total. The van der Waals surface area contributed by atoms with Crippen molar-refractivity contribution in [3.8, 4) is 11.1 Å². The summed E-state index contributed by atoms with van der Waals surface area (Å²) in [7, 11) is 0. The van der Waals surface area contributed by atoms with Crippen molar-refractivity contribution in [1.29, 1.82) is 0 Å². The van der Waals surface area contributed by atoms with Crippen LogP contribution in [0, 0.1) is 5.92 Å². The maximum absolute atomic E-state index is 13.3. The van der Waals surface area contributed by atoms with E-state index in [1.807, 2.05) is 11.0 Å². The maximum atomic E-state index is 13.3. The van der Waals surface area contributed by atoms with Crippen molar-refractivity contribution >= 4 is 23.2 Å². The van der Waals surface area contributed by atoms with E-state index in [4.69, 9.17) is 0 Å². The summed E-state index contributed by atoms with van der Waals surface area (Å²) in [5, 5.41) is 4.31. The molecule has 2 aliphatic heterocycles. The Morgan fingerprint density at radius 2 is 1.84 bits per heavy atom. The first-order chi connectivity index (χ1) is 15.8. The lowest BCUT2D eigenvalue weighted by Gasteiger charge is -2.39. The molecule has 2 fully saturated rings. The number of nitrogens with zero attached hydrogens (tertiary/aromatic N) is 5. The fourth-order valence-corrected chi connectivity index (χ4v) is 5.44. The van der Waals surface area contributed by atoms with E-state index in [0.717, 1.165) is 64.6 Å². The number of thiophene rings is 1. The molecule has 0 bridgehead atoms. The lowest BCUT2D eigenvalue weighted by atomic mass is 9.95. The second kappa shape index (κ2) is 9.79. The SMILES string of the molecule is O=C(C1CCCN(Cc2cccc(-c3ccsc3)c2)C1)N1CCN(c2ncccn2)CC1. The fraction of sp³-hybridized carbons (Fsp3) is 0.400. The van der Waals surface area contributed by atoms with Crippen molar-refractivity contribution in [3.63, 3.8) is 0 Å². The number of hydrogen-bond donors (Lipinski definition) is 0. The summed E-state index contributed by atoms with van der Waals surface area (Å²) in [6.07, 6.45) is 5.61. The third-order valence-electron chi connectivity index (χ3n) is 6.47. The topological polar surface area (TPSA) is 52.6 Å². The van der Waals surface area contributed by atoms with E-state index in [-0.39, 0.29) is 5.92 Å². The van der Waals surface area contributed by atoms with Gasteiger partial charge in [-0.25, -0.2) is 9.97 Å². The zero-order valence-electron chi connectivity index (χ0n) is 18.3. The van der Waals surface area contributed by atoms with Crippen LogP contribution >= 0.6 is 11.3 Å². The van der Waals surface area contributed by atoms with Gasteiger partial charge in [0, 0.05) is 51.7 Å². The first-order valence-electron chi connectivity index (χ1n) is 11.4. The van der Waals surface area contributed by atoms with Gasteiger partial charge < -0.3 is 9.80 Å². The molecule has 1 unspecified atom stereocenters. The molecule has 1 aromatic carbocycles. The molecular weight excluding hydrogens is 418 g/mol. The van der Waals surface area contributed by atoms with Crippen LogP contribution in [0.25, 0.3) is 11.1 Å². The first-order valence-corrected chi connectivity index (χ1v) is 12.4. The molecule has 0 spiro atoms. The van der Waals surface area contributed by atoms with Crippen LogP contribution in [0.2, 0.25) is 0 Å². The Morgan fingerprint density at radius 3 is 2.62 bits per heavy atom. The lowest BCUT2D eigenvalue weighted by molar-refractivity contribution is -0.137. The van der Waals surface area contributed by atoms with Crippen molar-refractivity contribution in [1.82, 2.24) is 19.8 Å². The molecule has 2 aromatic heterocycles. The molecule has 1 atom stereocenters. The Labute approximate surface area is 193 Å². The van der Waals surface area contributed by atoms with Crippen LogP contribution in [-0.4, -0.2) is 64.9 Å². The molecular formula is C25H29N5OS. The highest BCUT2D eigenvalue weighted by atomic mass is 32.1. The summed E-state index contributed by atoms with van der Waals surface area (Å²) < 4.78 is 0. The molecule has 0 aliphatic carbocycles. The predicted molar refractivity (Wildman–Crippen MR) is 129 cm³/mol. The first kappa shape index (κ1) is 21.1. The predicted octanol–water partition coefficient (Wildman–Crippen LogP) is 3.77. The highest BCUT2D eigenvalue weighted by molar-refractivity contribution is 7.08. The van der Waals surface area contributed by atoms with E-state index in [0.29, 0.717) is 5.91 Å². The van der Waals surface area contributed by atoms with Gasteiger partial charge in [0.2, 0.25) is 11.9 Å². The minimum Gasteiger partial charge on any atom is -0.339 e. The molecule has 0 saturated carbocycles. The number of benzene rings is 1. The number of likely N-dealkylation sites (tertiary alicyclic amines) is 1. The number of aromatic nitrogens is 2. The third kappa shape index (κ3) is 4.84. The largest absolute Gasteiger partial charge is 0.339 e. The number of piperidine rings is 1. The van der Waals surface area contributed by atoms with Crippen LogP contribution in [0.1, 0.15) is 18.4 Å². The number of carbonyl (C=O) groups is 1. The van der Waals surface area contributed by atoms with Crippen molar-refractivity contribution in [2.75, 3.05) is 44.2 Å². The van der Waals surface area contributed by atoms with Gasteiger partial charge in [-0.05, 0) is 65.0 Å². The molecule has 4 heterocycles. The van der Waals surface area contributed by atoms with Crippen LogP contribution in [0.4, 0.5) is 5.95 Å². The summed E-state index contributed by atoms with van der Waals surface area (Å²) in [6.45, 7) is 5.89. The van der Waals surface area contributed by atoms with Crippen molar-refractivity contribution in [2.24, 2.45) is 5.92 Å². The van der Waals surface area contributed by atoms with Gasteiger partial charge in [0.05, 0.1) is 5.92 Å². The molecule has 7 heteroatoms. The van der Waals surface area contributed by atoms with Crippen molar-refractivity contribution in [3.05, 3.63) is 65.1 Å². The molecule has 2 aliphatic rings. The van der Waals surface area contributed by atoms with E-state index in [9.17, 15) is 4.79 Å². The summed E-state index contributed by atoms with van der Waals surface area (Å²) in [6, 6.07) is 12.8. The second-order valence-corrected chi connectivity index (χ2v) is 9.43. The molecule has 5 rings (SSSR count). The van der Waals surface area contributed by atoms with E-state index < -0.39 is 0 Å². The van der Waals surface area contributed by atoms with Gasteiger partial charge in [0.25, 0.3) is 0 Å². The highest BCUT2D eigenvalue weighted by Crippen LogP contribution is 2.25. The van der Waals surface area contributed by atoms with Crippen LogP contribution in [0.15, 0.2) is 59.6 Å². The van der Waals surface area contributed by atoms with E-state index in [1.54, 1.807) is 23.7 Å². The number of piperazine rings is 1. The number of carbonyl (C=O) groups excluding carboxylic acids is 1. The normalized spacial score (nSPS) is 19.8. The molecule has 1 amide bonds. The zero-order chi connectivity index (χ0) is 21.8. The van der Waals surface area contributed by atoms with Gasteiger partial charge in [-0.15, -0.1) is 0 Å². The summed E-state index contributed by atoms with van der Waals surface area (Å²) in [5.74, 6) is 1.17. The van der Waals surface area contributed by atoms with Crippen molar-refractivity contribution < 1.29 is 4.79 Å².